The van der Waals surface area contributed by atoms with Crippen LogP contribution in [0.4, 0.5) is 15.8 Å². The first-order chi connectivity index (χ1) is 10.5. The smallest absolute Gasteiger partial charge is 0.265 e. The van der Waals surface area contributed by atoms with Crippen LogP contribution >= 0.6 is 0 Å². The van der Waals surface area contributed by atoms with Gasteiger partial charge in [0.05, 0.1) is 11.4 Å². The number of anilines is 2. The molecule has 112 valence electrons. The van der Waals surface area contributed by atoms with Crippen molar-refractivity contribution in [1.82, 2.24) is 0 Å². The van der Waals surface area contributed by atoms with E-state index in [2.05, 4.69) is 10.6 Å². The second-order valence-electron chi connectivity index (χ2n) is 4.89. The minimum absolute atomic E-state index is 0.104. The predicted molar refractivity (Wildman–Crippen MR) is 79.5 cm³/mol. The standard InChI is InChI=1S/C16H13FN2O3/c1-9-15(20)19-13-7-6-10(8-14(13)22-9)16(21)18-12-5-3-2-4-11(12)17/h2-9H,1H3,(H,18,21)(H,19,20). The highest BCUT2D eigenvalue weighted by molar-refractivity contribution is 6.06. The first kappa shape index (κ1) is 14.1. The Bertz CT molecular complexity index is 761. The maximum atomic E-state index is 13.5. The van der Waals surface area contributed by atoms with Crippen LogP contribution in [0.15, 0.2) is 42.5 Å². The Morgan fingerprint density at radius 2 is 2.05 bits per heavy atom. The molecule has 1 unspecified atom stereocenters. The molecule has 0 aliphatic carbocycles. The molecule has 0 spiro atoms. The van der Waals surface area contributed by atoms with Gasteiger partial charge in [0, 0.05) is 5.56 Å². The largest absolute Gasteiger partial charge is 0.479 e. The van der Waals surface area contributed by atoms with Crippen LogP contribution in [-0.4, -0.2) is 17.9 Å². The summed E-state index contributed by atoms with van der Waals surface area (Å²) in [5, 5.41) is 5.18. The van der Waals surface area contributed by atoms with E-state index in [1.807, 2.05) is 0 Å². The van der Waals surface area contributed by atoms with E-state index in [0.29, 0.717) is 17.0 Å². The molecule has 0 aromatic heterocycles. The fraction of sp³-hybridized carbons (Fsp3) is 0.125. The van der Waals surface area contributed by atoms with Gasteiger partial charge in [0.15, 0.2) is 6.10 Å². The highest BCUT2D eigenvalue weighted by atomic mass is 19.1. The van der Waals surface area contributed by atoms with Crippen LogP contribution in [-0.2, 0) is 4.79 Å². The first-order valence-electron chi connectivity index (χ1n) is 6.72. The summed E-state index contributed by atoms with van der Waals surface area (Å²) in [5.41, 5.74) is 0.920. The topological polar surface area (TPSA) is 67.4 Å². The minimum atomic E-state index is -0.627. The van der Waals surface area contributed by atoms with Crippen molar-refractivity contribution in [3.8, 4) is 5.75 Å². The summed E-state index contributed by atoms with van der Waals surface area (Å²) in [4.78, 5) is 23.7. The van der Waals surface area contributed by atoms with Crippen molar-refractivity contribution in [2.75, 3.05) is 10.6 Å². The number of carbonyl (C=O) groups excluding carboxylic acids is 2. The third kappa shape index (κ3) is 2.63. The summed E-state index contributed by atoms with van der Waals surface area (Å²) in [7, 11) is 0. The van der Waals surface area contributed by atoms with E-state index in [0.717, 1.165) is 0 Å². The average molecular weight is 300 g/mol. The number of fused-ring (bicyclic) bond motifs is 1. The van der Waals surface area contributed by atoms with Crippen molar-refractivity contribution in [2.45, 2.75) is 13.0 Å². The molecule has 1 atom stereocenters. The molecule has 3 rings (SSSR count). The van der Waals surface area contributed by atoms with Crippen LogP contribution in [0.25, 0.3) is 0 Å². The van der Waals surface area contributed by atoms with Crippen LogP contribution in [0.2, 0.25) is 0 Å². The maximum absolute atomic E-state index is 13.5. The number of nitrogens with one attached hydrogen (secondary N) is 2. The number of amides is 2. The lowest BCUT2D eigenvalue weighted by molar-refractivity contribution is -0.122. The van der Waals surface area contributed by atoms with Crippen molar-refractivity contribution in [3.63, 3.8) is 0 Å². The van der Waals surface area contributed by atoms with E-state index in [1.165, 1.54) is 24.3 Å². The van der Waals surface area contributed by atoms with Gasteiger partial charge in [-0.1, -0.05) is 12.1 Å². The second-order valence-corrected chi connectivity index (χ2v) is 4.89. The SMILES string of the molecule is CC1Oc2cc(C(=O)Nc3ccccc3F)ccc2NC1=O. The van der Waals surface area contributed by atoms with E-state index in [4.69, 9.17) is 4.74 Å². The summed E-state index contributed by atoms with van der Waals surface area (Å²) in [6, 6.07) is 10.5. The van der Waals surface area contributed by atoms with Gasteiger partial charge in [0.25, 0.3) is 11.8 Å². The monoisotopic (exact) mass is 300 g/mol. The Labute approximate surface area is 126 Å². The van der Waals surface area contributed by atoms with Crippen LogP contribution in [0.1, 0.15) is 17.3 Å². The fourth-order valence-corrected chi connectivity index (χ4v) is 2.10. The first-order valence-corrected chi connectivity index (χ1v) is 6.72. The van der Waals surface area contributed by atoms with E-state index in [9.17, 15) is 14.0 Å². The molecule has 1 aliphatic rings. The molecular weight excluding hydrogens is 287 g/mol. The number of hydrogen-bond donors (Lipinski definition) is 2. The lowest BCUT2D eigenvalue weighted by Crippen LogP contribution is -2.34. The van der Waals surface area contributed by atoms with E-state index in [1.54, 1.807) is 25.1 Å². The maximum Gasteiger partial charge on any atom is 0.265 e. The Morgan fingerprint density at radius 1 is 1.27 bits per heavy atom. The van der Waals surface area contributed by atoms with Gasteiger partial charge >= 0.3 is 0 Å². The molecule has 0 fully saturated rings. The lowest BCUT2D eigenvalue weighted by Gasteiger charge is -2.23. The van der Waals surface area contributed by atoms with Crippen LogP contribution in [0.3, 0.4) is 0 Å². The average Bonchev–Trinajstić information content (AvgIpc) is 2.50. The highest BCUT2D eigenvalue weighted by Gasteiger charge is 2.24. The highest BCUT2D eigenvalue weighted by Crippen LogP contribution is 2.30. The van der Waals surface area contributed by atoms with Crippen molar-refractivity contribution < 1.29 is 18.7 Å². The predicted octanol–water partition coefficient (Wildman–Crippen LogP) is 2.80. The summed E-state index contributed by atoms with van der Waals surface area (Å²) in [6.07, 6.45) is -0.627. The summed E-state index contributed by atoms with van der Waals surface area (Å²) >= 11 is 0. The van der Waals surface area contributed by atoms with Crippen molar-refractivity contribution >= 4 is 23.2 Å². The molecule has 6 heteroatoms. The molecule has 1 heterocycles. The summed E-state index contributed by atoms with van der Waals surface area (Å²) < 4.78 is 19.0. The van der Waals surface area contributed by atoms with Gasteiger partial charge in [0.2, 0.25) is 0 Å². The normalized spacial score (nSPS) is 16.3. The van der Waals surface area contributed by atoms with E-state index < -0.39 is 17.8 Å². The summed E-state index contributed by atoms with van der Waals surface area (Å²) in [5.74, 6) is -0.795. The van der Waals surface area contributed by atoms with Crippen LogP contribution < -0.4 is 15.4 Å². The van der Waals surface area contributed by atoms with Gasteiger partial charge in [-0.3, -0.25) is 9.59 Å². The van der Waals surface area contributed by atoms with Crippen molar-refractivity contribution in [3.05, 3.63) is 53.8 Å². The van der Waals surface area contributed by atoms with Gasteiger partial charge < -0.3 is 15.4 Å². The Balaban J connectivity index is 1.84. The lowest BCUT2D eigenvalue weighted by atomic mass is 10.1. The molecule has 2 aromatic rings. The molecule has 0 radical (unpaired) electrons. The number of rotatable bonds is 2. The number of benzene rings is 2. The molecule has 5 nitrogen and oxygen atoms in total. The molecule has 2 N–H and O–H groups in total. The third-order valence-electron chi connectivity index (χ3n) is 3.30. The van der Waals surface area contributed by atoms with Gasteiger partial charge in [-0.15, -0.1) is 0 Å². The number of hydrogen-bond acceptors (Lipinski definition) is 3. The molecule has 2 aromatic carbocycles. The van der Waals surface area contributed by atoms with Crippen molar-refractivity contribution in [1.29, 1.82) is 0 Å². The molecule has 0 saturated carbocycles. The summed E-state index contributed by atoms with van der Waals surface area (Å²) in [6.45, 7) is 1.62. The molecular formula is C16H13FN2O3. The van der Waals surface area contributed by atoms with Gasteiger partial charge in [-0.2, -0.15) is 0 Å². The Morgan fingerprint density at radius 3 is 2.82 bits per heavy atom. The number of ether oxygens (including phenoxy) is 1. The van der Waals surface area contributed by atoms with E-state index in [-0.39, 0.29) is 11.6 Å². The van der Waals surface area contributed by atoms with Gasteiger partial charge in [-0.25, -0.2) is 4.39 Å². The zero-order valence-electron chi connectivity index (χ0n) is 11.7. The third-order valence-corrected chi connectivity index (χ3v) is 3.30. The van der Waals surface area contributed by atoms with Gasteiger partial charge in [-0.05, 0) is 37.3 Å². The Kier molecular flexibility index (Phi) is 3.50. The number of para-hydroxylation sites is 1. The molecule has 2 amide bonds. The fourth-order valence-electron chi connectivity index (χ4n) is 2.10. The second kappa shape index (κ2) is 5.48. The van der Waals surface area contributed by atoms with Crippen LogP contribution in [0, 0.1) is 5.82 Å². The molecule has 0 saturated heterocycles. The van der Waals surface area contributed by atoms with Gasteiger partial charge in [0.1, 0.15) is 11.6 Å². The molecule has 0 bridgehead atoms. The zero-order valence-corrected chi connectivity index (χ0v) is 11.7. The minimum Gasteiger partial charge on any atom is -0.479 e. The molecule has 22 heavy (non-hydrogen) atoms. The Hall–Kier alpha value is -2.89. The number of halogens is 1. The zero-order chi connectivity index (χ0) is 15.7. The quantitative estimate of drug-likeness (QED) is 0.896. The van der Waals surface area contributed by atoms with Crippen LogP contribution in [0.5, 0.6) is 5.75 Å². The van der Waals surface area contributed by atoms with E-state index >= 15 is 0 Å². The van der Waals surface area contributed by atoms with Crippen molar-refractivity contribution in [2.24, 2.45) is 0 Å². The number of carbonyl (C=O) groups is 2. The molecule has 1 aliphatic heterocycles.